The van der Waals surface area contributed by atoms with Gasteiger partial charge in [0.2, 0.25) is 5.91 Å². The van der Waals surface area contributed by atoms with Gasteiger partial charge < -0.3 is 10.6 Å². The molecule has 2 atom stereocenters. The molecule has 0 aromatic rings. The first kappa shape index (κ1) is 17.4. The molecule has 0 radical (unpaired) electrons. The second-order valence-corrected chi connectivity index (χ2v) is 6.88. The van der Waals surface area contributed by atoms with Gasteiger partial charge in [-0.05, 0) is 38.5 Å². The van der Waals surface area contributed by atoms with Gasteiger partial charge in [-0.2, -0.15) is 0 Å². The summed E-state index contributed by atoms with van der Waals surface area (Å²) in [5.74, 6) is 0.746. The predicted octanol–water partition coefficient (Wildman–Crippen LogP) is 3.51. The van der Waals surface area contributed by atoms with Gasteiger partial charge in [0.15, 0.2) is 0 Å². The van der Waals surface area contributed by atoms with E-state index in [0.29, 0.717) is 16.9 Å². The highest BCUT2D eigenvalue weighted by Crippen LogP contribution is 2.35. The molecule has 0 aromatic carbocycles. The Morgan fingerprint density at radius 1 is 1.25 bits per heavy atom. The predicted molar refractivity (Wildman–Crippen MR) is 88.6 cm³/mol. The molecule has 1 aliphatic rings. The monoisotopic (exact) mass is 298 g/mol. The van der Waals surface area contributed by atoms with Crippen molar-refractivity contribution in [2.75, 3.05) is 6.54 Å². The second-order valence-electron chi connectivity index (χ2n) is 6.44. The number of rotatable bonds is 6. The van der Waals surface area contributed by atoms with E-state index in [9.17, 15) is 4.79 Å². The third-order valence-electron chi connectivity index (χ3n) is 4.61. The molecule has 1 rings (SSSR count). The lowest BCUT2D eigenvalue weighted by molar-refractivity contribution is -0.143. The molecule has 1 amide bonds. The van der Waals surface area contributed by atoms with E-state index in [1.165, 1.54) is 6.42 Å². The maximum absolute atomic E-state index is 13.2. The van der Waals surface area contributed by atoms with Crippen molar-refractivity contribution < 1.29 is 4.79 Å². The summed E-state index contributed by atoms with van der Waals surface area (Å²) in [5, 5.41) is 0. The van der Waals surface area contributed by atoms with Crippen LogP contribution >= 0.6 is 12.2 Å². The van der Waals surface area contributed by atoms with Crippen LogP contribution < -0.4 is 5.73 Å². The first-order valence-corrected chi connectivity index (χ1v) is 8.40. The van der Waals surface area contributed by atoms with E-state index in [1.807, 2.05) is 4.90 Å². The lowest BCUT2D eigenvalue weighted by atomic mass is 9.76. The van der Waals surface area contributed by atoms with Crippen LogP contribution in [0.5, 0.6) is 0 Å². The Balaban J connectivity index is 3.05. The van der Waals surface area contributed by atoms with Crippen LogP contribution in [-0.4, -0.2) is 28.4 Å². The third kappa shape index (κ3) is 3.51. The molecule has 0 spiro atoms. The Morgan fingerprint density at radius 3 is 2.25 bits per heavy atom. The lowest BCUT2D eigenvalue weighted by Crippen LogP contribution is -2.55. The SMILES string of the molecule is CCCC(CCC)(C(=O)N1CC(C)CCC1C)C(N)=S. The molecular formula is C16H30N2OS. The van der Waals surface area contributed by atoms with Gasteiger partial charge in [0.25, 0.3) is 0 Å². The summed E-state index contributed by atoms with van der Waals surface area (Å²) in [6.07, 6.45) is 5.69. The minimum absolute atomic E-state index is 0.174. The zero-order chi connectivity index (χ0) is 15.3. The van der Waals surface area contributed by atoms with Crippen LogP contribution in [0.2, 0.25) is 0 Å². The molecule has 20 heavy (non-hydrogen) atoms. The maximum atomic E-state index is 13.2. The van der Waals surface area contributed by atoms with Crippen LogP contribution in [0.1, 0.15) is 66.2 Å². The van der Waals surface area contributed by atoms with E-state index in [2.05, 4.69) is 27.7 Å². The van der Waals surface area contributed by atoms with Crippen LogP contribution in [-0.2, 0) is 4.79 Å². The van der Waals surface area contributed by atoms with Gasteiger partial charge in [-0.3, -0.25) is 4.79 Å². The average Bonchev–Trinajstić information content (AvgIpc) is 2.40. The number of likely N-dealkylation sites (tertiary alicyclic amines) is 1. The molecular weight excluding hydrogens is 268 g/mol. The van der Waals surface area contributed by atoms with E-state index < -0.39 is 5.41 Å². The fourth-order valence-electron chi connectivity index (χ4n) is 3.39. The van der Waals surface area contributed by atoms with E-state index >= 15 is 0 Å². The number of hydrogen-bond donors (Lipinski definition) is 1. The third-order valence-corrected chi connectivity index (χ3v) is 5.00. The molecule has 0 aliphatic carbocycles. The Labute approximate surface area is 129 Å². The van der Waals surface area contributed by atoms with Crippen LogP contribution in [0.25, 0.3) is 0 Å². The summed E-state index contributed by atoms with van der Waals surface area (Å²) in [6.45, 7) is 9.40. The molecule has 2 unspecified atom stereocenters. The van der Waals surface area contributed by atoms with Crippen LogP contribution in [0.3, 0.4) is 0 Å². The number of thiocarbonyl (C=S) groups is 1. The summed E-state index contributed by atoms with van der Waals surface area (Å²) in [7, 11) is 0. The molecule has 1 saturated heterocycles. The Hall–Kier alpha value is -0.640. The normalized spacial score (nSPS) is 23.7. The topological polar surface area (TPSA) is 46.3 Å². The van der Waals surface area contributed by atoms with Crippen LogP contribution in [0.4, 0.5) is 0 Å². The largest absolute Gasteiger partial charge is 0.392 e. The zero-order valence-electron chi connectivity index (χ0n) is 13.4. The Kier molecular flexibility index (Phi) is 6.44. The quantitative estimate of drug-likeness (QED) is 0.763. The first-order valence-electron chi connectivity index (χ1n) is 8.00. The van der Waals surface area contributed by atoms with Gasteiger partial charge in [-0.1, -0.05) is 45.8 Å². The smallest absolute Gasteiger partial charge is 0.235 e. The molecule has 3 nitrogen and oxygen atoms in total. The molecule has 4 heteroatoms. The highest BCUT2D eigenvalue weighted by Gasteiger charge is 2.44. The van der Waals surface area contributed by atoms with Crippen molar-refractivity contribution in [3.8, 4) is 0 Å². The van der Waals surface area contributed by atoms with E-state index in [0.717, 1.165) is 38.6 Å². The van der Waals surface area contributed by atoms with E-state index in [-0.39, 0.29) is 5.91 Å². The van der Waals surface area contributed by atoms with Crippen molar-refractivity contribution in [3.63, 3.8) is 0 Å². The van der Waals surface area contributed by atoms with Crippen molar-refractivity contribution in [1.82, 2.24) is 4.90 Å². The standard InChI is InChI=1S/C16H30N2OS/c1-5-9-16(10-6-2,14(17)20)15(19)18-11-12(3)7-8-13(18)4/h12-13H,5-11H2,1-4H3,(H2,17,20). The minimum atomic E-state index is -0.621. The molecule has 2 N–H and O–H groups in total. The van der Waals surface area contributed by atoms with Crippen molar-refractivity contribution in [2.45, 2.75) is 72.3 Å². The number of nitrogens with two attached hydrogens (primary N) is 1. The molecule has 0 bridgehead atoms. The molecule has 1 fully saturated rings. The average molecular weight is 298 g/mol. The Bertz CT molecular complexity index is 350. The molecule has 0 aromatic heterocycles. The van der Waals surface area contributed by atoms with Crippen molar-refractivity contribution in [2.24, 2.45) is 17.1 Å². The van der Waals surface area contributed by atoms with E-state index in [4.69, 9.17) is 18.0 Å². The van der Waals surface area contributed by atoms with Gasteiger partial charge in [0.1, 0.15) is 0 Å². The Morgan fingerprint density at radius 2 is 1.80 bits per heavy atom. The summed E-state index contributed by atoms with van der Waals surface area (Å²) in [4.78, 5) is 15.6. The number of nitrogens with zero attached hydrogens (tertiary/aromatic N) is 1. The van der Waals surface area contributed by atoms with Crippen LogP contribution in [0.15, 0.2) is 0 Å². The fraction of sp³-hybridized carbons (Fsp3) is 0.875. The van der Waals surface area contributed by atoms with E-state index in [1.54, 1.807) is 0 Å². The van der Waals surface area contributed by atoms with Gasteiger partial charge in [-0.25, -0.2) is 0 Å². The van der Waals surface area contributed by atoms with Gasteiger partial charge >= 0.3 is 0 Å². The highest BCUT2D eigenvalue weighted by atomic mass is 32.1. The van der Waals surface area contributed by atoms with Gasteiger partial charge in [0.05, 0.1) is 10.4 Å². The summed E-state index contributed by atoms with van der Waals surface area (Å²) < 4.78 is 0. The number of hydrogen-bond acceptors (Lipinski definition) is 2. The number of carbonyl (C=O) groups excluding carboxylic acids is 1. The molecule has 1 heterocycles. The fourth-order valence-corrected chi connectivity index (χ4v) is 3.68. The summed E-state index contributed by atoms with van der Waals surface area (Å²) in [5.41, 5.74) is 5.39. The zero-order valence-corrected chi connectivity index (χ0v) is 14.3. The highest BCUT2D eigenvalue weighted by molar-refractivity contribution is 7.80. The van der Waals surface area contributed by atoms with Crippen molar-refractivity contribution in [1.29, 1.82) is 0 Å². The van der Waals surface area contributed by atoms with Crippen molar-refractivity contribution in [3.05, 3.63) is 0 Å². The molecule has 0 saturated carbocycles. The number of piperidine rings is 1. The van der Waals surface area contributed by atoms with Gasteiger partial charge in [-0.15, -0.1) is 0 Å². The van der Waals surface area contributed by atoms with Gasteiger partial charge in [0, 0.05) is 12.6 Å². The van der Waals surface area contributed by atoms with Crippen LogP contribution in [0, 0.1) is 11.3 Å². The molecule has 1 aliphatic heterocycles. The van der Waals surface area contributed by atoms with Crippen molar-refractivity contribution >= 4 is 23.1 Å². The number of amides is 1. The minimum Gasteiger partial charge on any atom is -0.392 e. The number of carbonyl (C=O) groups is 1. The maximum Gasteiger partial charge on any atom is 0.235 e. The first-order chi connectivity index (χ1) is 9.39. The summed E-state index contributed by atoms with van der Waals surface area (Å²) >= 11 is 5.30. The molecule has 116 valence electrons. The summed E-state index contributed by atoms with van der Waals surface area (Å²) in [6, 6.07) is 0.307. The lowest BCUT2D eigenvalue weighted by Gasteiger charge is -2.43. The second kappa shape index (κ2) is 7.39.